The molecule has 19 heavy (non-hydrogen) atoms. The molecular formula is C9H13F3N2O3S2. The number of nitrogens with two attached hydrogens (primary N) is 1. The van der Waals surface area contributed by atoms with Gasteiger partial charge >= 0.3 is 6.18 Å². The Bertz CT molecular complexity index is 513. The van der Waals surface area contributed by atoms with Gasteiger partial charge in [0, 0.05) is 18.0 Å². The van der Waals surface area contributed by atoms with Gasteiger partial charge in [-0.25, -0.2) is 8.42 Å². The van der Waals surface area contributed by atoms with Crippen molar-refractivity contribution < 1.29 is 26.7 Å². The number of sulfonamides is 1. The minimum Gasteiger partial charge on any atom is -0.395 e. The molecule has 1 heterocycles. The van der Waals surface area contributed by atoms with Crippen LogP contribution in [0.5, 0.6) is 0 Å². The molecule has 0 aromatic carbocycles. The second-order valence-electron chi connectivity index (χ2n) is 3.60. The summed E-state index contributed by atoms with van der Waals surface area (Å²) < 4.78 is 61.0. The molecule has 1 aromatic heterocycles. The Kier molecular flexibility index (Phi) is 5.33. The molecule has 0 bridgehead atoms. The number of aliphatic hydroxyl groups is 1. The SMILES string of the molecule is NCc1ccc(S(=O)(=O)N(CCO)CC(F)(F)F)s1. The second-order valence-corrected chi connectivity index (χ2v) is 6.94. The van der Waals surface area contributed by atoms with Gasteiger partial charge < -0.3 is 10.8 Å². The maximum absolute atomic E-state index is 12.3. The first kappa shape index (κ1) is 16.4. The zero-order valence-electron chi connectivity index (χ0n) is 9.72. The third kappa shape index (κ3) is 4.42. The van der Waals surface area contributed by atoms with E-state index in [1.54, 1.807) is 0 Å². The highest BCUT2D eigenvalue weighted by molar-refractivity contribution is 7.91. The first-order chi connectivity index (χ1) is 8.70. The summed E-state index contributed by atoms with van der Waals surface area (Å²) in [6.07, 6.45) is -4.67. The Hall–Kier alpha value is -0.680. The monoisotopic (exact) mass is 318 g/mol. The summed E-state index contributed by atoms with van der Waals surface area (Å²) in [5.41, 5.74) is 5.32. The molecule has 1 rings (SSSR count). The number of alkyl halides is 3. The zero-order chi connectivity index (χ0) is 14.7. The molecule has 3 N–H and O–H groups in total. The highest BCUT2D eigenvalue weighted by Gasteiger charge is 2.37. The standard InChI is InChI=1S/C9H13F3N2O3S2/c10-9(11,12)6-14(3-4-15)19(16,17)8-2-1-7(5-13)18-8/h1-2,15H,3-6,13H2. The van der Waals surface area contributed by atoms with Gasteiger partial charge in [0.05, 0.1) is 6.61 Å². The molecule has 0 aliphatic carbocycles. The van der Waals surface area contributed by atoms with Crippen molar-refractivity contribution in [1.82, 2.24) is 4.31 Å². The van der Waals surface area contributed by atoms with Crippen LogP contribution in [0.4, 0.5) is 13.2 Å². The lowest BCUT2D eigenvalue weighted by atomic mass is 10.5. The van der Waals surface area contributed by atoms with Crippen LogP contribution in [0.15, 0.2) is 16.3 Å². The van der Waals surface area contributed by atoms with Crippen LogP contribution in [0.3, 0.4) is 0 Å². The summed E-state index contributed by atoms with van der Waals surface area (Å²) >= 11 is 0.816. The van der Waals surface area contributed by atoms with E-state index in [0.29, 0.717) is 4.88 Å². The fourth-order valence-corrected chi connectivity index (χ4v) is 4.13. The summed E-state index contributed by atoms with van der Waals surface area (Å²) in [4.78, 5) is 0.550. The lowest BCUT2D eigenvalue weighted by molar-refractivity contribution is -0.136. The lowest BCUT2D eigenvalue weighted by Gasteiger charge is -2.21. The van der Waals surface area contributed by atoms with Gasteiger partial charge in [0.1, 0.15) is 10.8 Å². The zero-order valence-corrected chi connectivity index (χ0v) is 11.4. The summed E-state index contributed by atoms with van der Waals surface area (Å²) in [7, 11) is -4.27. The highest BCUT2D eigenvalue weighted by Crippen LogP contribution is 2.27. The van der Waals surface area contributed by atoms with E-state index < -0.39 is 35.9 Å². The van der Waals surface area contributed by atoms with Crippen molar-refractivity contribution in [2.45, 2.75) is 16.9 Å². The topological polar surface area (TPSA) is 83.6 Å². The molecule has 0 amide bonds. The molecule has 0 atom stereocenters. The number of rotatable bonds is 6. The largest absolute Gasteiger partial charge is 0.402 e. The van der Waals surface area contributed by atoms with Crippen molar-refractivity contribution in [3.8, 4) is 0 Å². The van der Waals surface area contributed by atoms with E-state index in [1.165, 1.54) is 12.1 Å². The van der Waals surface area contributed by atoms with Gasteiger partial charge in [-0.1, -0.05) is 0 Å². The van der Waals surface area contributed by atoms with Crippen molar-refractivity contribution in [2.24, 2.45) is 5.73 Å². The van der Waals surface area contributed by atoms with Gasteiger partial charge in [0.2, 0.25) is 0 Å². The van der Waals surface area contributed by atoms with Crippen molar-refractivity contribution in [1.29, 1.82) is 0 Å². The lowest BCUT2D eigenvalue weighted by Crippen LogP contribution is -2.40. The third-order valence-electron chi connectivity index (χ3n) is 2.14. The van der Waals surface area contributed by atoms with Crippen LogP contribution in [0.2, 0.25) is 0 Å². The Morgan fingerprint density at radius 1 is 1.37 bits per heavy atom. The van der Waals surface area contributed by atoms with Gasteiger partial charge in [0.25, 0.3) is 10.0 Å². The Morgan fingerprint density at radius 2 is 2.00 bits per heavy atom. The van der Waals surface area contributed by atoms with Gasteiger partial charge in [-0.2, -0.15) is 17.5 Å². The summed E-state index contributed by atoms with van der Waals surface area (Å²) in [6.45, 7) is -2.83. The van der Waals surface area contributed by atoms with E-state index in [2.05, 4.69) is 0 Å². The predicted octanol–water partition coefficient (Wildman–Crippen LogP) is 0.752. The minimum atomic E-state index is -4.67. The number of aliphatic hydroxyl groups excluding tert-OH is 1. The number of hydrogen-bond donors (Lipinski definition) is 2. The smallest absolute Gasteiger partial charge is 0.395 e. The molecule has 5 nitrogen and oxygen atoms in total. The second kappa shape index (κ2) is 6.18. The molecule has 0 aliphatic heterocycles. The summed E-state index contributed by atoms with van der Waals surface area (Å²) in [5, 5.41) is 8.71. The maximum Gasteiger partial charge on any atom is 0.402 e. The van der Waals surface area contributed by atoms with Crippen molar-refractivity contribution >= 4 is 21.4 Å². The molecule has 0 fully saturated rings. The van der Waals surface area contributed by atoms with Gasteiger partial charge in [-0.15, -0.1) is 11.3 Å². The van der Waals surface area contributed by atoms with Gasteiger partial charge in [0.15, 0.2) is 0 Å². The average Bonchev–Trinajstić information content (AvgIpc) is 2.75. The summed E-state index contributed by atoms with van der Waals surface area (Å²) in [6, 6.07) is 2.66. The Morgan fingerprint density at radius 3 is 2.42 bits per heavy atom. The summed E-state index contributed by atoms with van der Waals surface area (Å²) in [5.74, 6) is 0. The average molecular weight is 318 g/mol. The molecule has 0 unspecified atom stereocenters. The van der Waals surface area contributed by atoms with E-state index in [1.807, 2.05) is 0 Å². The van der Waals surface area contributed by atoms with Crippen LogP contribution in [-0.2, 0) is 16.6 Å². The first-order valence-electron chi connectivity index (χ1n) is 5.17. The number of halogens is 3. The van der Waals surface area contributed by atoms with Crippen molar-refractivity contribution in [2.75, 3.05) is 19.7 Å². The van der Waals surface area contributed by atoms with E-state index in [-0.39, 0.29) is 15.1 Å². The van der Waals surface area contributed by atoms with Crippen LogP contribution in [0.1, 0.15) is 4.88 Å². The minimum absolute atomic E-state index is 0.111. The highest BCUT2D eigenvalue weighted by atomic mass is 32.2. The maximum atomic E-state index is 12.3. The molecule has 1 aromatic rings. The van der Waals surface area contributed by atoms with Crippen molar-refractivity contribution in [3.05, 3.63) is 17.0 Å². The van der Waals surface area contributed by atoms with E-state index in [0.717, 1.165) is 11.3 Å². The number of thiophene rings is 1. The van der Waals surface area contributed by atoms with E-state index in [4.69, 9.17) is 10.8 Å². The van der Waals surface area contributed by atoms with Gasteiger partial charge in [-0.05, 0) is 12.1 Å². The fourth-order valence-electron chi connectivity index (χ4n) is 1.33. The molecule has 110 valence electrons. The van der Waals surface area contributed by atoms with Crippen LogP contribution < -0.4 is 5.73 Å². The van der Waals surface area contributed by atoms with Crippen molar-refractivity contribution in [3.63, 3.8) is 0 Å². The number of hydrogen-bond acceptors (Lipinski definition) is 5. The van der Waals surface area contributed by atoms with Crippen LogP contribution >= 0.6 is 11.3 Å². The van der Waals surface area contributed by atoms with E-state index in [9.17, 15) is 21.6 Å². The molecule has 0 aliphatic rings. The molecule has 0 saturated heterocycles. The molecule has 10 heteroatoms. The molecular weight excluding hydrogens is 305 g/mol. The van der Waals surface area contributed by atoms with Gasteiger partial charge in [-0.3, -0.25) is 0 Å². The van der Waals surface area contributed by atoms with Crippen LogP contribution in [-0.4, -0.2) is 43.7 Å². The molecule has 0 saturated carbocycles. The van der Waals surface area contributed by atoms with Crippen LogP contribution in [0, 0.1) is 0 Å². The molecule has 0 spiro atoms. The number of nitrogens with zero attached hydrogens (tertiary/aromatic N) is 1. The Balaban J connectivity index is 3.05. The molecule has 0 radical (unpaired) electrons. The van der Waals surface area contributed by atoms with Crippen LogP contribution in [0.25, 0.3) is 0 Å². The quantitative estimate of drug-likeness (QED) is 0.811. The van der Waals surface area contributed by atoms with E-state index >= 15 is 0 Å². The first-order valence-corrected chi connectivity index (χ1v) is 7.43. The third-order valence-corrected chi connectivity index (χ3v) is 5.56. The predicted molar refractivity (Wildman–Crippen MR) is 64.1 cm³/mol. The fraction of sp³-hybridized carbons (Fsp3) is 0.556. The normalized spacial score (nSPS) is 13.2. The Labute approximate surface area is 112 Å².